The summed E-state index contributed by atoms with van der Waals surface area (Å²) < 4.78 is 30.9. The highest BCUT2D eigenvalue weighted by atomic mass is 19.3. The largest absolute Gasteiger partial charge is 0.478 e. The molecule has 0 saturated heterocycles. The maximum atomic E-state index is 13.3. The second-order valence-electron chi connectivity index (χ2n) is 3.02. The molecule has 1 aromatic rings. The first kappa shape index (κ1) is 11.6. The monoisotopic (exact) mass is 216 g/mol. The van der Waals surface area contributed by atoms with Gasteiger partial charge in [-0.3, -0.25) is 0 Å². The molecule has 0 heterocycles. The van der Waals surface area contributed by atoms with Gasteiger partial charge in [-0.05, 0) is 12.1 Å². The molecule has 0 amide bonds. The van der Waals surface area contributed by atoms with Crippen molar-refractivity contribution in [1.29, 1.82) is 0 Å². The van der Waals surface area contributed by atoms with Crippen molar-refractivity contribution in [2.24, 2.45) is 0 Å². The molecule has 0 saturated carbocycles. The van der Waals surface area contributed by atoms with E-state index in [9.17, 15) is 13.6 Å². The molecule has 0 fully saturated rings. The van der Waals surface area contributed by atoms with Gasteiger partial charge in [0.2, 0.25) is 0 Å². The van der Waals surface area contributed by atoms with Crippen LogP contribution in [0.25, 0.3) is 0 Å². The van der Waals surface area contributed by atoms with Crippen molar-refractivity contribution in [2.75, 3.05) is 13.7 Å². The van der Waals surface area contributed by atoms with Gasteiger partial charge in [-0.15, -0.1) is 0 Å². The summed E-state index contributed by atoms with van der Waals surface area (Å²) in [6, 6.07) is 4.66. The Bertz CT molecular complexity index is 363. The molecule has 82 valence electrons. The molecule has 1 aromatic carbocycles. The van der Waals surface area contributed by atoms with E-state index in [-0.39, 0.29) is 11.1 Å². The smallest absolute Gasteiger partial charge is 0.335 e. The minimum Gasteiger partial charge on any atom is -0.478 e. The van der Waals surface area contributed by atoms with Crippen molar-refractivity contribution in [1.82, 2.24) is 0 Å². The van der Waals surface area contributed by atoms with Crippen LogP contribution in [0.4, 0.5) is 8.78 Å². The Morgan fingerprint density at radius 2 is 2.20 bits per heavy atom. The van der Waals surface area contributed by atoms with Gasteiger partial charge in [0.15, 0.2) is 0 Å². The van der Waals surface area contributed by atoms with Gasteiger partial charge < -0.3 is 9.84 Å². The zero-order valence-corrected chi connectivity index (χ0v) is 8.04. The summed E-state index contributed by atoms with van der Waals surface area (Å²) in [5.74, 6) is -4.40. The molecule has 3 nitrogen and oxygen atoms in total. The first-order valence-corrected chi connectivity index (χ1v) is 4.18. The van der Waals surface area contributed by atoms with Crippen LogP contribution in [0.3, 0.4) is 0 Å². The Kier molecular flexibility index (Phi) is 3.36. The van der Waals surface area contributed by atoms with Crippen LogP contribution in [0.1, 0.15) is 15.9 Å². The van der Waals surface area contributed by atoms with E-state index in [0.717, 1.165) is 13.2 Å². The van der Waals surface area contributed by atoms with Crippen molar-refractivity contribution in [3.63, 3.8) is 0 Å². The van der Waals surface area contributed by atoms with E-state index in [2.05, 4.69) is 4.74 Å². The zero-order chi connectivity index (χ0) is 11.5. The summed E-state index contributed by atoms with van der Waals surface area (Å²) >= 11 is 0. The third kappa shape index (κ3) is 2.73. The molecule has 0 aliphatic heterocycles. The number of benzene rings is 1. The van der Waals surface area contributed by atoms with E-state index in [1.807, 2.05) is 0 Å². The van der Waals surface area contributed by atoms with Gasteiger partial charge in [0.25, 0.3) is 5.92 Å². The Hall–Kier alpha value is -1.49. The highest BCUT2D eigenvalue weighted by Crippen LogP contribution is 2.28. The summed E-state index contributed by atoms with van der Waals surface area (Å²) in [5, 5.41) is 8.63. The predicted octanol–water partition coefficient (Wildman–Crippen LogP) is 2.12. The van der Waals surface area contributed by atoms with Crippen LogP contribution in [0.2, 0.25) is 0 Å². The molecule has 1 N–H and O–H groups in total. The first-order chi connectivity index (χ1) is 6.97. The van der Waals surface area contributed by atoms with Crippen LogP contribution in [-0.4, -0.2) is 24.8 Å². The van der Waals surface area contributed by atoms with Crippen LogP contribution in [0.15, 0.2) is 24.3 Å². The lowest BCUT2D eigenvalue weighted by Crippen LogP contribution is -2.20. The fourth-order valence-electron chi connectivity index (χ4n) is 1.14. The maximum Gasteiger partial charge on any atom is 0.335 e. The zero-order valence-electron chi connectivity index (χ0n) is 8.04. The van der Waals surface area contributed by atoms with Gasteiger partial charge in [-0.2, -0.15) is 8.78 Å². The lowest BCUT2D eigenvalue weighted by molar-refractivity contribution is -0.0698. The number of methoxy groups -OCH3 is 1. The molecular weight excluding hydrogens is 206 g/mol. The number of carboxylic acids is 1. The molecule has 0 aliphatic carbocycles. The highest BCUT2D eigenvalue weighted by Gasteiger charge is 2.31. The lowest BCUT2D eigenvalue weighted by atomic mass is 10.1. The van der Waals surface area contributed by atoms with Gasteiger partial charge in [0, 0.05) is 12.7 Å². The fraction of sp³-hybridized carbons (Fsp3) is 0.300. The Morgan fingerprint density at radius 3 is 2.73 bits per heavy atom. The van der Waals surface area contributed by atoms with Crippen molar-refractivity contribution in [3.8, 4) is 0 Å². The average molecular weight is 216 g/mol. The minimum atomic E-state index is -3.17. The van der Waals surface area contributed by atoms with Crippen LogP contribution in [0, 0.1) is 0 Å². The number of aromatic carboxylic acids is 1. The number of ether oxygens (including phenoxy) is 1. The molecule has 15 heavy (non-hydrogen) atoms. The molecule has 1 rings (SSSR count). The third-order valence-corrected chi connectivity index (χ3v) is 1.86. The van der Waals surface area contributed by atoms with E-state index in [4.69, 9.17) is 5.11 Å². The predicted molar refractivity (Wildman–Crippen MR) is 49.2 cm³/mol. The van der Waals surface area contributed by atoms with Gasteiger partial charge in [-0.1, -0.05) is 12.1 Å². The number of hydrogen-bond donors (Lipinski definition) is 1. The summed E-state index contributed by atoms with van der Waals surface area (Å²) in [6.45, 7) is -0.768. The minimum absolute atomic E-state index is 0.164. The summed E-state index contributed by atoms with van der Waals surface area (Å²) in [5.41, 5.74) is -0.521. The van der Waals surface area contributed by atoms with Crippen LogP contribution < -0.4 is 0 Å². The second kappa shape index (κ2) is 4.35. The van der Waals surface area contributed by atoms with Gasteiger partial charge in [0.1, 0.15) is 6.61 Å². The van der Waals surface area contributed by atoms with Crippen molar-refractivity contribution >= 4 is 5.97 Å². The normalized spacial score (nSPS) is 11.4. The van der Waals surface area contributed by atoms with Gasteiger partial charge in [0.05, 0.1) is 5.56 Å². The van der Waals surface area contributed by atoms with Crippen molar-refractivity contribution in [2.45, 2.75) is 5.92 Å². The van der Waals surface area contributed by atoms with E-state index in [0.29, 0.717) is 0 Å². The van der Waals surface area contributed by atoms with E-state index < -0.39 is 18.5 Å². The first-order valence-electron chi connectivity index (χ1n) is 4.18. The van der Waals surface area contributed by atoms with Crippen molar-refractivity contribution in [3.05, 3.63) is 35.4 Å². The third-order valence-electron chi connectivity index (χ3n) is 1.86. The Balaban J connectivity index is 3.04. The van der Waals surface area contributed by atoms with Crippen LogP contribution in [0.5, 0.6) is 0 Å². The topological polar surface area (TPSA) is 46.5 Å². The molecule has 0 spiro atoms. The number of carbonyl (C=O) groups is 1. The number of hydrogen-bond acceptors (Lipinski definition) is 2. The number of carboxylic acid groups (broad SMARTS) is 1. The Labute approximate surface area is 85.3 Å². The Morgan fingerprint density at radius 1 is 1.53 bits per heavy atom. The van der Waals surface area contributed by atoms with E-state index in [1.54, 1.807) is 0 Å². The number of rotatable bonds is 4. The quantitative estimate of drug-likeness (QED) is 0.838. The summed E-state index contributed by atoms with van der Waals surface area (Å²) in [6.07, 6.45) is 0. The number of halogens is 2. The number of alkyl halides is 2. The molecule has 5 heteroatoms. The van der Waals surface area contributed by atoms with Crippen LogP contribution in [-0.2, 0) is 10.7 Å². The SMILES string of the molecule is COCC(F)(F)c1cccc(C(=O)O)c1. The van der Waals surface area contributed by atoms with Gasteiger partial charge in [-0.25, -0.2) is 4.79 Å². The molecular formula is C10H10F2O3. The molecule has 0 aliphatic rings. The summed E-state index contributed by atoms with van der Waals surface area (Å²) in [7, 11) is 1.16. The van der Waals surface area contributed by atoms with Crippen molar-refractivity contribution < 1.29 is 23.4 Å². The van der Waals surface area contributed by atoms with E-state index >= 15 is 0 Å². The average Bonchev–Trinajstić information content (AvgIpc) is 2.18. The van der Waals surface area contributed by atoms with Gasteiger partial charge >= 0.3 is 5.97 Å². The summed E-state index contributed by atoms with van der Waals surface area (Å²) in [4.78, 5) is 10.6. The fourth-order valence-corrected chi connectivity index (χ4v) is 1.14. The molecule has 0 bridgehead atoms. The molecule has 0 radical (unpaired) electrons. The molecule has 0 unspecified atom stereocenters. The molecule has 0 atom stereocenters. The maximum absolute atomic E-state index is 13.3. The highest BCUT2D eigenvalue weighted by molar-refractivity contribution is 5.87. The van der Waals surface area contributed by atoms with E-state index in [1.165, 1.54) is 18.2 Å². The van der Waals surface area contributed by atoms with Crippen LogP contribution >= 0.6 is 0 Å². The second-order valence-corrected chi connectivity index (χ2v) is 3.02. The lowest BCUT2D eigenvalue weighted by Gasteiger charge is -2.15. The molecule has 0 aromatic heterocycles. The standard InChI is InChI=1S/C10H10F2O3/c1-15-6-10(11,12)8-4-2-3-7(5-8)9(13)14/h2-5H,6H2,1H3,(H,13,14).